The first kappa shape index (κ1) is 33.0. The number of rotatable bonds is 12. The number of halogens is 3. The molecule has 2 heterocycles. The van der Waals surface area contributed by atoms with Crippen LogP contribution in [-0.2, 0) is 19.1 Å². The molecule has 2 amide bonds. The Hall–Kier alpha value is -4.88. The van der Waals surface area contributed by atoms with Gasteiger partial charge in [-0.25, -0.2) is 4.79 Å². The van der Waals surface area contributed by atoms with Crippen LogP contribution in [0.4, 0.5) is 18.9 Å². The van der Waals surface area contributed by atoms with Crippen molar-refractivity contribution in [2.45, 2.75) is 51.6 Å². The van der Waals surface area contributed by atoms with Gasteiger partial charge in [-0.05, 0) is 50.8 Å². The van der Waals surface area contributed by atoms with Gasteiger partial charge in [-0.1, -0.05) is 30.7 Å². The summed E-state index contributed by atoms with van der Waals surface area (Å²) in [6, 6.07) is 11.2. The summed E-state index contributed by atoms with van der Waals surface area (Å²) in [6.07, 6.45) is -3.06. The number of fused-ring (bicyclic) bond motifs is 1. The average Bonchev–Trinajstić information content (AvgIpc) is 3.24. The summed E-state index contributed by atoms with van der Waals surface area (Å²) < 4.78 is 52.7. The van der Waals surface area contributed by atoms with Crippen LogP contribution in [0.2, 0.25) is 0 Å². The van der Waals surface area contributed by atoms with E-state index in [1.54, 1.807) is 24.3 Å². The summed E-state index contributed by atoms with van der Waals surface area (Å²) >= 11 is 0. The highest BCUT2D eigenvalue weighted by Gasteiger charge is 2.53. The van der Waals surface area contributed by atoms with E-state index in [0.29, 0.717) is 36.8 Å². The molecule has 0 bridgehead atoms. The molecule has 0 radical (unpaired) electrons. The first-order valence-electron chi connectivity index (χ1n) is 14.3. The number of nitrogens with zero attached hydrogens (tertiary/aromatic N) is 3. The lowest BCUT2D eigenvalue weighted by Crippen LogP contribution is -2.44. The number of hydrogen-bond acceptors (Lipinski definition) is 9. The van der Waals surface area contributed by atoms with Crippen molar-refractivity contribution in [2.75, 3.05) is 19.8 Å². The number of hydrogen-bond donors (Lipinski definition) is 0. The number of nitro benzene ring substituents is 1. The van der Waals surface area contributed by atoms with Crippen molar-refractivity contribution in [3.63, 3.8) is 0 Å². The van der Waals surface area contributed by atoms with Crippen molar-refractivity contribution >= 4 is 35.2 Å². The molecule has 2 unspecified atom stereocenters. The maximum absolute atomic E-state index is 14.1. The number of imide groups is 1. The molecule has 0 spiro atoms. The van der Waals surface area contributed by atoms with E-state index in [4.69, 9.17) is 9.47 Å². The number of carbonyl (C=O) groups is 4. The van der Waals surface area contributed by atoms with Crippen LogP contribution >= 0.6 is 0 Å². The van der Waals surface area contributed by atoms with Crippen LogP contribution in [0.15, 0.2) is 64.8 Å². The summed E-state index contributed by atoms with van der Waals surface area (Å²) in [5, 5.41) is 11.4. The molecule has 2 aliphatic rings. The maximum Gasteiger partial charge on any atom is 0.430 e. The normalized spacial score (nSPS) is 18.1. The SMILES string of the molecule is CCOC(=O)C1C(C(F)(F)F)=NC(C)=C(C(=O)OCCCCCCN2C(=O)c3ccccc3C2=O)C1c1cccc([N+](=O)[O-])c1. The third-order valence-electron chi connectivity index (χ3n) is 7.50. The zero-order valence-electron chi connectivity index (χ0n) is 24.5. The molecule has 0 saturated carbocycles. The second-order valence-electron chi connectivity index (χ2n) is 10.4. The largest absolute Gasteiger partial charge is 0.465 e. The Kier molecular flexibility index (Phi) is 10.1. The van der Waals surface area contributed by atoms with E-state index < -0.39 is 46.3 Å². The second kappa shape index (κ2) is 13.8. The third-order valence-corrected chi connectivity index (χ3v) is 7.50. The van der Waals surface area contributed by atoms with Crippen LogP contribution in [-0.4, -0.2) is 65.2 Å². The highest BCUT2D eigenvalue weighted by molar-refractivity contribution is 6.21. The minimum absolute atomic E-state index is 0.0849. The standard InChI is InChI=1S/C31H30F3N3O8/c1-3-44-30(41)25-24(19-11-10-12-20(17-19)37(42)43)23(18(2)35-26(25)31(32,33)34)29(40)45-16-9-5-4-8-15-36-27(38)21-13-6-7-14-22(21)28(36)39/h6-7,10-14,17,24-25H,3-5,8-9,15-16H2,1-2H3. The van der Waals surface area contributed by atoms with Gasteiger partial charge >= 0.3 is 18.1 Å². The molecular weight excluding hydrogens is 599 g/mol. The molecule has 0 N–H and O–H groups in total. The molecule has 0 saturated heterocycles. The number of amides is 2. The molecule has 2 aliphatic heterocycles. The predicted octanol–water partition coefficient (Wildman–Crippen LogP) is 5.55. The average molecular weight is 630 g/mol. The minimum atomic E-state index is -5.07. The Balaban J connectivity index is 1.45. The smallest absolute Gasteiger partial charge is 0.430 e. The molecule has 238 valence electrons. The van der Waals surface area contributed by atoms with E-state index in [1.165, 1.54) is 30.9 Å². The monoisotopic (exact) mass is 629 g/mol. The molecule has 45 heavy (non-hydrogen) atoms. The van der Waals surface area contributed by atoms with E-state index in [0.717, 1.165) is 12.1 Å². The van der Waals surface area contributed by atoms with Gasteiger partial charge < -0.3 is 9.47 Å². The van der Waals surface area contributed by atoms with Gasteiger partial charge in [-0.15, -0.1) is 0 Å². The van der Waals surface area contributed by atoms with E-state index in [2.05, 4.69) is 4.99 Å². The Morgan fingerprint density at radius 3 is 2.22 bits per heavy atom. The van der Waals surface area contributed by atoms with Crippen molar-refractivity contribution < 1.29 is 46.7 Å². The van der Waals surface area contributed by atoms with E-state index in [9.17, 15) is 42.5 Å². The van der Waals surface area contributed by atoms with Crippen LogP contribution in [0.3, 0.4) is 0 Å². The molecule has 2 aromatic carbocycles. The van der Waals surface area contributed by atoms with Crippen LogP contribution in [0.25, 0.3) is 0 Å². The fourth-order valence-corrected chi connectivity index (χ4v) is 5.46. The lowest BCUT2D eigenvalue weighted by atomic mass is 9.75. The van der Waals surface area contributed by atoms with Gasteiger partial charge in [0, 0.05) is 30.3 Å². The Morgan fingerprint density at radius 1 is 0.978 bits per heavy atom. The number of alkyl halides is 3. The third kappa shape index (κ3) is 7.10. The highest BCUT2D eigenvalue weighted by Crippen LogP contribution is 2.44. The molecule has 0 aromatic heterocycles. The van der Waals surface area contributed by atoms with Gasteiger partial charge in [0.05, 0.1) is 34.8 Å². The van der Waals surface area contributed by atoms with E-state index >= 15 is 0 Å². The fourth-order valence-electron chi connectivity index (χ4n) is 5.46. The molecular formula is C31H30F3N3O8. The minimum Gasteiger partial charge on any atom is -0.465 e. The first-order valence-corrected chi connectivity index (χ1v) is 14.3. The molecule has 0 aliphatic carbocycles. The first-order chi connectivity index (χ1) is 21.4. The van der Waals surface area contributed by atoms with E-state index in [1.807, 2.05) is 0 Å². The molecule has 2 atom stereocenters. The van der Waals surface area contributed by atoms with Crippen molar-refractivity contribution in [1.29, 1.82) is 0 Å². The number of carbonyl (C=O) groups excluding carboxylic acids is 4. The molecule has 14 heteroatoms. The molecule has 2 aromatic rings. The predicted molar refractivity (Wildman–Crippen MR) is 153 cm³/mol. The molecule has 11 nitrogen and oxygen atoms in total. The van der Waals surface area contributed by atoms with Gasteiger partial charge in [-0.3, -0.25) is 34.4 Å². The fraction of sp³-hybridized carbons (Fsp3) is 0.387. The number of unbranched alkanes of at least 4 members (excludes halogenated alkanes) is 3. The summed E-state index contributed by atoms with van der Waals surface area (Å²) in [6.45, 7) is 2.43. The van der Waals surface area contributed by atoms with Crippen LogP contribution in [0, 0.1) is 16.0 Å². The van der Waals surface area contributed by atoms with Gasteiger partial charge in [0.15, 0.2) is 0 Å². The zero-order valence-corrected chi connectivity index (χ0v) is 24.5. The second-order valence-corrected chi connectivity index (χ2v) is 10.4. The molecule has 4 rings (SSSR count). The Bertz CT molecular complexity index is 1550. The van der Waals surface area contributed by atoms with Crippen LogP contribution < -0.4 is 0 Å². The van der Waals surface area contributed by atoms with Gasteiger partial charge in [0.25, 0.3) is 17.5 Å². The lowest BCUT2D eigenvalue weighted by Gasteiger charge is -2.33. The van der Waals surface area contributed by atoms with E-state index in [-0.39, 0.29) is 48.4 Å². The van der Waals surface area contributed by atoms with Crippen LogP contribution in [0.1, 0.15) is 71.7 Å². The lowest BCUT2D eigenvalue weighted by molar-refractivity contribution is -0.384. The van der Waals surface area contributed by atoms with Crippen molar-refractivity contribution in [1.82, 2.24) is 4.90 Å². The van der Waals surface area contributed by atoms with Gasteiger partial charge in [-0.2, -0.15) is 13.2 Å². The number of aliphatic imine (C=N–C) groups is 1. The summed E-state index contributed by atoms with van der Waals surface area (Å²) in [7, 11) is 0. The Labute approximate surface area is 255 Å². The zero-order chi connectivity index (χ0) is 32.9. The summed E-state index contributed by atoms with van der Waals surface area (Å²) in [5.74, 6) is -6.74. The number of ether oxygens (including phenoxy) is 2. The van der Waals surface area contributed by atoms with Gasteiger partial charge in [0.2, 0.25) is 0 Å². The number of allylic oxidation sites excluding steroid dienone is 1. The highest BCUT2D eigenvalue weighted by atomic mass is 19.4. The summed E-state index contributed by atoms with van der Waals surface area (Å²) in [4.78, 5) is 66.7. The molecule has 0 fully saturated rings. The topological polar surface area (TPSA) is 145 Å². The van der Waals surface area contributed by atoms with Crippen molar-refractivity contribution in [3.8, 4) is 0 Å². The van der Waals surface area contributed by atoms with Gasteiger partial charge in [0.1, 0.15) is 11.6 Å². The van der Waals surface area contributed by atoms with Crippen LogP contribution in [0.5, 0.6) is 0 Å². The quantitative estimate of drug-likeness (QED) is 0.0977. The number of non-ortho nitro benzene ring substituents is 1. The number of esters is 2. The Morgan fingerprint density at radius 2 is 1.62 bits per heavy atom. The number of benzene rings is 2. The van der Waals surface area contributed by atoms with Crippen molar-refractivity contribution in [2.24, 2.45) is 10.9 Å². The maximum atomic E-state index is 14.1. The summed E-state index contributed by atoms with van der Waals surface area (Å²) in [5.41, 5.74) is -1.97. The number of nitro groups is 1. The van der Waals surface area contributed by atoms with Crippen molar-refractivity contribution in [3.05, 3.63) is 86.6 Å².